The maximum Gasteiger partial charge on any atom is 0.255 e. The summed E-state index contributed by atoms with van der Waals surface area (Å²) in [5.41, 5.74) is 2.59. The number of aryl methyl sites for hydroxylation is 1. The summed E-state index contributed by atoms with van der Waals surface area (Å²) in [6, 6.07) is 11.4. The fourth-order valence-corrected chi connectivity index (χ4v) is 2.73. The third-order valence-corrected chi connectivity index (χ3v) is 4.07. The van der Waals surface area contributed by atoms with Gasteiger partial charge in [-0.2, -0.15) is 9.90 Å². The molecule has 2 aromatic heterocycles. The van der Waals surface area contributed by atoms with E-state index in [1.165, 1.54) is 15.9 Å². The Bertz CT molecular complexity index is 1000. The number of aliphatic hydroxyl groups excluding tert-OH is 1. The van der Waals surface area contributed by atoms with Crippen molar-refractivity contribution >= 4 is 5.91 Å². The van der Waals surface area contributed by atoms with Crippen LogP contribution in [0.5, 0.6) is 0 Å². The highest BCUT2D eigenvalue weighted by Gasteiger charge is 2.16. The van der Waals surface area contributed by atoms with Crippen molar-refractivity contribution in [1.29, 1.82) is 0 Å². The van der Waals surface area contributed by atoms with Crippen LogP contribution in [-0.2, 0) is 13.5 Å². The number of aromatic nitrogens is 4. The summed E-state index contributed by atoms with van der Waals surface area (Å²) in [6.07, 6.45) is 4.49. The highest BCUT2D eigenvalue weighted by Crippen LogP contribution is 2.08. The van der Waals surface area contributed by atoms with Gasteiger partial charge in [0.1, 0.15) is 0 Å². The van der Waals surface area contributed by atoms with Gasteiger partial charge in [0.2, 0.25) is 0 Å². The van der Waals surface area contributed by atoms with E-state index < -0.39 is 6.10 Å². The Hall–Kier alpha value is -3.50. The van der Waals surface area contributed by atoms with E-state index in [1.54, 1.807) is 32.6 Å². The fraction of sp³-hybridized carbons (Fsp3) is 0.238. The maximum absolute atomic E-state index is 12.7. The molecule has 0 aliphatic heterocycles. The van der Waals surface area contributed by atoms with Gasteiger partial charge in [-0.1, -0.05) is 36.3 Å². The predicted octanol–water partition coefficient (Wildman–Crippen LogP) is 1.29. The maximum atomic E-state index is 12.7. The molecule has 1 N–H and O–H groups in total. The van der Waals surface area contributed by atoms with Crippen LogP contribution in [0, 0.1) is 11.8 Å². The summed E-state index contributed by atoms with van der Waals surface area (Å²) in [5, 5.41) is 18.3. The lowest BCUT2D eigenvalue weighted by Gasteiger charge is -2.21. The second-order valence-electron chi connectivity index (χ2n) is 6.46. The van der Waals surface area contributed by atoms with Crippen molar-refractivity contribution in [1.82, 2.24) is 24.9 Å². The number of aliphatic hydroxyl groups is 1. The van der Waals surface area contributed by atoms with E-state index in [0.29, 0.717) is 23.2 Å². The zero-order chi connectivity index (χ0) is 19.9. The minimum absolute atomic E-state index is 0.220. The monoisotopic (exact) mass is 375 g/mol. The lowest BCUT2D eigenvalue weighted by molar-refractivity contribution is 0.0681. The number of amides is 1. The Balaban J connectivity index is 1.64. The summed E-state index contributed by atoms with van der Waals surface area (Å²) < 4.78 is 0. The van der Waals surface area contributed by atoms with Crippen molar-refractivity contribution in [3.63, 3.8) is 0 Å². The Morgan fingerprint density at radius 3 is 2.71 bits per heavy atom. The van der Waals surface area contributed by atoms with Crippen LogP contribution in [0.4, 0.5) is 0 Å². The van der Waals surface area contributed by atoms with Gasteiger partial charge in [-0.15, -0.1) is 5.10 Å². The van der Waals surface area contributed by atoms with Crippen LogP contribution in [0.3, 0.4) is 0 Å². The minimum atomic E-state index is -0.649. The van der Waals surface area contributed by atoms with Crippen molar-refractivity contribution in [3.8, 4) is 11.8 Å². The molecule has 28 heavy (non-hydrogen) atoms. The van der Waals surface area contributed by atoms with Crippen LogP contribution in [-0.4, -0.2) is 55.6 Å². The number of hydrogen-bond donors (Lipinski definition) is 1. The first-order chi connectivity index (χ1) is 13.5. The van der Waals surface area contributed by atoms with Crippen molar-refractivity contribution in [2.45, 2.75) is 12.5 Å². The van der Waals surface area contributed by atoms with Crippen LogP contribution < -0.4 is 0 Å². The number of benzene rings is 1. The molecule has 3 rings (SSSR count). The van der Waals surface area contributed by atoms with E-state index in [4.69, 9.17) is 0 Å². The molecule has 0 aliphatic rings. The average Bonchev–Trinajstić information content (AvgIpc) is 3.12. The summed E-state index contributed by atoms with van der Waals surface area (Å²) in [6.45, 7) is 0.225. The summed E-state index contributed by atoms with van der Waals surface area (Å²) >= 11 is 0. The van der Waals surface area contributed by atoms with Crippen LogP contribution >= 0.6 is 0 Å². The summed E-state index contributed by atoms with van der Waals surface area (Å²) in [5.74, 6) is 5.60. The van der Waals surface area contributed by atoms with E-state index in [0.717, 1.165) is 5.56 Å². The average molecular weight is 375 g/mol. The highest BCUT2D eigenvalue weighted by molar-refractivity contribution is 5.94. The molecular formula is C21H21N5O2. The molecular weight excluding hydrogens is 354 g/mol. The quantitative estimate of drug-likeness (QED) is 0.680. The molecule has 142 valence electrons. The number of carbonyl (C=O) groups is 1. The van der Waals surface area contributed by atoms with Gasteiger partial charge in [0.25, 0.3) is 5.91 Å². The molecule has 7 nitrogen and oxygen atoms in total. The molecule has 1 aromatic carbocycles. The number of carbonyl (C=O) groups excluding carboxylic acids is 1. The van der Waals surface area contributed by atoms with Gasteiger partial charge in [-0.25, -0.2) is 0 Å². The van der Waals surface area contributed by atoms with E-state index >= 15 is 0 Å². The zero-order valence-electron chi connectivity index (χ0n) is 15.8. The molecule has 1 amide bonds. The highest BCUT2D eigenvalue weighted by atomic mass is 16.3. The van der Waals surface area contributed by atoms with Crippen LogP contribution in [0.1, 0.15) is 27.2 Å². The van der Waals surface area contributed by atoms with Gasteiger partial charge in [0, 0.05) is 45.0 Å². The van der Waals surface area contributed by atoms with Crippen LogP contribution in [0.15, 0.2) is 55.0 Å². The number of likely N-dealkylation sites (N-methyl/N-ethyl adjacent to an activating group) is 1. The van der Waals surface area contributed by atoms with E-state index in [1.807, 2.05) is 30.3 Å². The van der Waals surface area contributed by atoms with E-state index in [9.17, 15) is 9.90 Å². The van der Waals surface area contributed by atoms with E-state index in [-0.39, 0.29) is 12.5 Å². The fourth-order valence-electron chi connectivity index (χ4n) is 2.73. The lowest BCUT2D eigenvalue weighted by atomic mass is 10.1. The van der Waals surface area contributed by atoms with Crippen molar-refractivity contribution < 1.29 is 9.90 Å². The first-order valence-electron chi connectivity index (χ1n) is 8.82. The normalized spacial score (nSPS) is 11.4. The van der Waals surface area contributed by atoms with Gasteiger partial charge in [0.05, 0.1) is 17.9 Å². The third-order valence-electron chi connectivity index (χ3n) is 4.07. The molecule has 0 bridgehead atoms. The molecule has 0 aliphatic carbocycles. The standard InChI is InChI=1S/C21H21N5O2/c1-25(15-20(27)11-16-6-4-3-5-7-16)21(28)18-10-17(12-22-13-18)8-9-19-14-23-26(2)24-19/h3-7,10,12-14,20,27H,11,15H2,1-2H3/t20-/m0/s1. The smallest absolute Gasteiger partial charge is 0.255 e. The van der Waals surface area contributed by atoms with Crippen molar-refractivity contribution in [2.75, 3.05) is 13.6 Å². The van der Waals surface area contributed by atoms with E-state index in [2.05, 4.69) is 27.0 Å². The number of hydrogen-bond acceptors (Lipinski definition) is 5. The van der Waals surface area contributed by atoms with Crippen molar-refractivity contribution in [3.05, 3.63) is 77.4 Å². The van der Waals surface area contributed by atoms with Gasteiger partial charge < -0.3 is 10.0 Å². The molecule has 0 fully saturated rings. The third kappa shape index (κ3) is 5.25. The van der Waals surface area contributed by atoms with Gasteiger partial charge in [-0.05, 0) is 17.6 Å². The van der Waals surface area contributed by atoms with Gasteiger partial charge in [-0.3, -0.25) is 9.78 Å². The first kappa shape index (κ1) is 19.3. The molecule has 0 saturated carbocycles. The van der Waals surface area contributed by atoms with Gasteiger partial charge >= 0.3 is 0 Å². The molecule has 0 unspecified atom stereocenters. The minimum Gasteiger partial charge on any atom is -0.391 e. The molecule has 1 atom stereocenters. The predicted molar refractivity (Wildman–Crippen MR) is 104 cm³/mol. The molecule has 2 heterocycles. The Labute approximate surface area is 163 Å². The zero-order valence-corrected chi connectivity index (χ0v) is 15.8. The SMILES string of the molecule is CN(C[C@@H](O)Cc1ccccc1)C(=O)c1cncc(C#Cc2cnn(C)n2)c1. The Kier molecular flexibility index (Phi) is 6.14. The van der Waals surface area contributed by atoms with Crippen molar-refractivity contribution in [2.24, 2.45) is 7.05 Å². The Morgan fingerprint density at radius 1 is 1.21 bits per heavy atom. The first-order valence-corrected chi connectivity index (χ1v) is 8.82. The molecule has 0 radical (unpaired) electrons. The largest absolute Gasteiger partial charge is 0.391 e. The Morgan fingerprint density at radius 2 is 2.00 bits per heavy atom. The molecule has 7 heteroatoms. The second-order valence-corrected chi connectivity index (χ2v) is 6.46. The molecule has 3 aromatic rings. The van der Waals surface area contributed by atoms with Gasteiger partial charge in [0.15, 0.2) is 5.69 Å². The number of pyridine rings is 1. The topological polar surface area (TPSA) is 84.1 Å². The summed E-state index contributed by atoms with van der Waals surface area (Å²) in [7, 11) is 3.38. The van der Waals surface area contributed by atoms with Crippen LogP contribution in [0.25, 0.3) is 0 Å². The lowest BCUT2D eigenvalue weighted by Crippen LogP contribution is -2.35. The second kappa shape index (κ2) is 8.93. The number of rotatable bonds is 5. The van der Waals surface area contributed by atoms with Crippen LogP contribution in [0.2, 0.25) is 0 Å². The number of nitrogens with zero attached hydrogens (tertiary/aromatic N) is 5. The summed E-state index contributed by atoms with van der Waals surface area (Å²) in [4.78, 5) is 19.7. The molecule has 0 saturated heterocycles. The molecule has 0 spiro atoms.